The highest BCUT2D eigenvalue weighted by Gasteiger charge is 2.38. The molecule has 18 heteroatoms. The van der Waals surface area contributed by atoms with Gasteiger partial charge in [0.2, 0.25) is 5.91 Å². The number of carbonyl (C=O) groups excluding carboxylic acids is 2. The molecule has 3 heterocycles. The zero-order valence-electron chi connectivity index (χ0n) is 33.4. The van der Waals surface area contributed by atoms with Crippen molar-refractivity contribution in [3.05, 3.63) is 124 Å². The number of hydrogen-bond donors (Lipinski definition) is 1. The van der Waals surface area contributed by atoms with Crippen molar-refractivity contribution in [3.63, 3.8) is 0 Å². The molecule has 1 N–H and O–H groups in total. The molecule has 2 amide bonds. The molecule has 0 bridgehead atoms. The SMILES string of the molecule is O=S(=O)([O-])c1ccccc1.[C-]#[N+]c1ccc(-n2nccc2-c2c(C(=O)NC(C)(C)C(=O)N(C)CC3CC[N+](C)(C)CC3)c(=O)n(-c3cccc(C(F)(F)F)c3)n2C)cc1. The zero-order chi connectivity index (χ0) is 43.5. The van der Waals surface area contributed by atoms with Crippen molar-refractivity contribution in [1.82, 2.24) is 29.4 Å². The minimum absolute atomic E-state index is 0.0613. The number of quaternary nitrogens is 1. The molecule has 0 radical (unpaired) electrons. The van der Waals surface area contributed by atoms with E-state index in [0.717, 1.165) is 47.2 Å². The summed E-state index contributed by atoms with van der Waals surface area (Å²) in [7, 11) is 3.26. The minimum atomic E-state index is -4.67. The van der Waals surface area contributed by atoms with Crippen LogP contribution in [0, 0.1) is 12.5 Å². The Hall–Kier alpha value is -6.03. The van der Waals surface area contributed by atoms with Gasteiger partial charge >= 0.3 is 6.18 Å². The van der Waals surface area contributed by atoms with Gasteiger partial charge in [-0.1, -0.05) is 36.4 Å². The molecule has 3 aromatic carbocycles. The lowest BCUT2D eigenvalue weighted by Crippen LogP contribution is -2.56. The monoisotopic (exact) mass is 834 g/mol. The molecule has 312 valence electrons. The molecule has 1 aliphatic heterocycles. The van der Waals surface area contributed by atoms with Gasteiger partial charge in [0, 0.05) is 33.5 Å². The normalized spacial score (nSPS) is 14.5. The van der Waals surface area contributed by atoms with Crippen LogP contribution in [-0.2, 0) is 28.1 Å². The Balaban J connectivity index is 0.000000578. The van der Waals surface area contributed by atoms with Crippen molar-refractivity contribution in [2.45, 2.75) is 43.3 Å². The van der Waals surface area contributed by atoms with Crippen LogP contribution < -0.4 is 10.9 Å². The van der Waals surface area contributed by atoms with Crippen LogP contribution in [0.2, 0.25) is 0 Å². The van der Waals surface area contributed by atoms with Gasteiger partial charge in [-0.2, -0.15) is 18.3 Å². The average molecular weight is 835 g/mol. The van der Waals surface area contributed by atoms with Crippen molar-refractivity contribution in [3.8, 4) is 22.8 Å². The fraction of sp³-hybridized carbons (Fsp3) is 0.341. The van der Waals surface area contributed by atoms with E-state index in [2.05, 4.69) is 29.4 Å². The Morgan fingerprint density at radius 2 is 1.61 bits per heavy atom. The number of carbonyl (C=O) groups is 2. The van der Waals surface area contributed by atoms with Gasteiger partial charge in [-0.3, -0.25) is 19.1 Å². The number of nitrogens with zero attached hydrogens (tertiary/aromatic N) is 7. The number of alkyl halides is 3. The molecular formula is C41H45F3N8O6S. The summed E-state index contributed by atoms with van der Waals surface area (Å²) in [6.07, 6.45) is -1.28. The van der Waals surface area contributed by atoms with Crippen LogP contribution >= 0.6 is 0 Å². The second-order valence-corrected chi connectivity index (χ2v) is 16.9. The second kappa shape index (κ2) is 17.1. The minimum Gasteiger partial charge on any atom is -0.744 e. The van der Waals surface area contributed by atoms with Gasteiger partial charge in [0.05, 0.1) is 67.5 Å². The van der Waals surface area contributed by atoms with Gasteiger partial charge in [0.15, 0.2) is 5.69 Å². The first-order chi connectivity index (χ1) is 27.5. The highest BCUT2D eigenvalue weighted by atomic mass is 32.2. The number of nitrogens with one attached hydrogen (secondary N) is 1. The van der Waals surface area contributed by atoms with Gasteiger partial charge in [-0.05, 0) is 68.3 Å². The number of rotatable bonds is 9. The van der Waals surface area contributed by atoms with Crippen LogP contribution in [0.5, 0.6) is 0 Å². The maximum absolute atomic E-state index is 14.2. The molecule has 0 aliphatic carbocycles. The van der Waals surface area contributed by atoms with Gasteiger partial charge in [0.25, 0.3) is 11.5 Å². The van der Waals surface area contributed by atoms with Crippen molar-refractivity contribution in [1.29, 1.82) is 0 Å². The van der Waals surface area contributed by atoms with E-state index in [9.17, 15) is 40.5 Å². The highest BCUT2D eigenvalue weighted by Crippen LogP contribution is 2.32. The maximum atomic E-state index is 14.2. The molecule has 0 saturated carbocycles. The van der Waals surface area contributed by atoms with Crippen molar-refractivity contribution in [2.24, 2.45) is 13.0 Å². The first-order valence-corrected chi connectivity index (χ1v) is 19.9. The lowest BCUT2D eigenvalue weighted by atomic mass is 9.94. The van der Waals surface area contributed by atoms with E-state index < -0.39 is 38.9 Å². The fourth-order valence-corrected chi connectivity index (χ4v) is 7.49. The molecule has 1 fully saturated rings. The summed E-state index contributed by atoms with van der Waals surface area (Å²) in [4.78, 5) is 46.9. The first kappa shape index (κ1) is 44.1. The number of hydrogen-bond acceptors (Lipinski definition) is 7. The number of benzene rings is 3. The fourth-order valence-electron chi connectivity index (χ4n) is 7.00. The zero-order valence-corrected chi connectivity index (χ0v) is 34.2. The van der Waals surface area contributed by atoms with Crippen LogP contribution in [0.25, 0.3) is 27.6 Å². The highest BCUT2D eigenvalue weighted by molar-refractivity contribution is 7.85. The average Bonchev–Trinajstić information content (AvgIpc) is 3.76. The predicted octanol–water partition coefficient (Wildman–Crippen LogP) is 5.64. The molecule has 1 saturated heterocycles. The number of piperidine rings is 1. The predicted molar refractivity (Wildman–Crippen MR) is 213 cm³/mol. The van der Waals surface area contributed by atoms with E-state index in [0.29, 0.717) is 23.8 Å². The van der Waals surface area contributed by atoms with Gasteiger partial charge in [-0.25, -0.2) is 22.6 Å². The molecule has 6 rings (SSSR count). The first-order valence-electron chi connectivity index (χ1n) is 18.5. The quantitative estimate of drug-likeness (QED) is 0.115. The summed E-state index contributed by atoms with van der Waals surface area (Å²) in [5, 5.41) is 7.13. The van der Waals surface area contributed by atoms with E-state index in [1.54, 1.807) is 62.2 Å². The molecule has 5 aromatic rings. The van der Waals surface area contributed by atoms with Crippen molar-refractivity contribution >= 4 is 27.6 Å². The number of aromatic nitrogens is 4. The number of likely N-dealkylation sites (N-methyl/N-ethyl adjacent to an activating group) is 1. The Kier molecular flexibility index (Phi) is 12.7. The summed E-state index contributed by atoms with van der Waals surface area (Å²) >= 11 is 0. The molecule has 1 aliphatic rings. The third-order valence-corrected chi connectivity index (χ3v) is 11.0. The lowest BCUT2D eigenvalue weighted by molar-refractivity contribution is -0.896. The van der Waals surface area contributed by atoms with Crippen LogP contribution in [0.1, 0.15) is 42.6 Å². The molecule has 59 heavy (non-hydrogen) atoms. The molecule has 2 aromatic heterocycles. The van der Waals surface area contributed by atoms with Crippen molar-refractivity contribution < 1.29 is 40.2 Å². The Morgan fingerprint density at radius 1 is 0.983 bits per heavy atom. The van der Waals surface area contributed by atoms with Crippen molar-refractivity contribution in [2.75, 3.05) is 40.8 Å². The molecule has 14 nitrogen and oxygen atoms in total. The maximum Gasteiger partial charge on any atom is 0.416 e. The Labute approximate surface area is 340 Å². The van der Waals surface area contributed by atoms with E-state index in [1.807, 2.05) is 0 Å². The standard InChI is InChI=1S/C35H39F3N8O3.C6H6O3S/c1-34(2,33(49)42(4)22-23-16-19-46(6,7)20-17-23)41-31(47)29-30(28-15-18-40-44(28)26-13-11-25(39-3)12-14-26)43(5)45(32(29)48)27-10-8-9-24(21-27)35(36,37)38;7-10(8,9)6-4-2-1-3-5-6/h8-15,18,21,23H,16-17,19-20,22H2,1-2,4-7H3;1-5H,(H,7,8,9). The van der Waals surface area contributed by atoms with Crippen LogP contribution in [-0.4, -0.2) is 99.6 Å². The molecule has 0 spiro atoms. The van der Waals surface area contributed by atoms with Gasteiger partial charge < -0.3 is 19.3 Å². The van der Waals surface area contributed by atoms with E-state index in [4.69, 9.17) is 6.57 Å². The largest absolute Gasteiger partial charge is 0.744 e. The lowest BCUT2D eigenvalue weighted by Gasteiger charge is -2.39. The summed E-state index contributed by atoms with van der Waals surface area (Å²) in [6, 6.07) is 19.5. The number of amides is 2. The number of likely N-dealkylation sites (tertiary alicyclic amines) is 1. The van der Waals surface area contributed by atoms with Gasteiger partial charge in [0.1, 0.15) is 26.9 Å². The van der Waals surface area contributed by atoms with Crippen LogP contribution in [0.15, 0.2) is 101 Å². The van der Waals surface area contributed by atoms with Crippen LogP contribution in [0.3, 0.4) is 0 Å². The number of halogens is 3. The summed E-state index contributed by atoms with van der Waals surface area (Å²) < 4.78 is 76.6. The second-order valence-electron chi connectivity index (χ2n) is 15.5. The smallest absolute Gasteiger partial charge is 0.416 e. The summed E-state index contributed by atoms with van der Waals surface area (Å²) in [5.41, 5.74) is -2.53. The third kappa shape index (κ3) is 10.2. The molecule has 0 atom stereocenters. The molecule has 0 unspecified atom stereocenters. The van der Waals surface area contributed by atoms with Gasteiger partial charge in [-0.15, -0.1) is 0 Å². The van der Waals surface area contributed by atoms with E-state index in [1.165, 1.54) is 59.0 Å². The third-order valence-electron chi connectivity index (χ3n) is 10.2. The summed E-state index contributed by atoms with van der Waals surface area (Å²) in [5.74, 6) is -0.905. The Morgan fingerprint density at radius 3 is 2.17 bits per heavy atom. The molecular weight excluding hydrogens is 790 g/mol. The summed E-state index contributed by atoms with van der Waals surface area (Å²) in [6.45, 7) is 12.9. The van der Waals surface area contributed by atoms with Crippen LogP contribution in [0.4, 0.5) is 18.9 Å². The Bertz CT molecular complexity index is 2530. The van der Waals surface area contributed by atoms with E-state index >= 15 is 0 Å². The topological polar surface area (TPSA) is 156 Å². The van der Waals surface area contributed by atoms with E-state index in [-0.39, 0.29) is 33.4 Å².